The van der Waals surface area contributed by atoms with Crippen molar-refractivity contribution in [2.75, 3.05) is 6.26 Å². The molecule has 0 heterocycles. The Bertz CT molecular complexity index is 55.8. The Labute approximate surface area is 77.0 Å². The molecule has 0 aromatic heterocycles. The molecule has 58 valence electrons. The Hall–Kier alpha value is 0.824. The quantitative estimate of drug-likeness (QED) is 0.292. The van der Waals surface area contributed by atoms with Gasteiger partial charge in [0.1, 0.15) is 0 Å². The molecule has 0 saturated heterocycles. The molecule has 0 aromatic rings. The zero-order valence-electron chi connectivity index (χ0n) is 5.16. The Kier molecular flexibility index (Phi) is 29.1. The van der Waals surface area contributed by atoms with E-state index in [1.807, 2.05) is 0 Å². The van der Waals surface area contributed by atoms with Crippen LogP contribution in [0.1, 0.15) is 6.92 Å². The third kappa shape index (κ3) is 17.7. The zero-order valence-corrected chi connectivity index (χ0v) is 7.86. The van der Waals surface area contributed by atoms with E-state index in [9.17, 15) is 4.79 Å². The van der Waals surface area contributed by atoms with Crippen molar-refractivity contribution in [1.82, 2.24) is 4.72 Å². The van der Waals surface area contributed by atoms with Crippen LogP contribution < -0.4 is 4.72 Å². The van der Waals surface area contributed by atoms with Gasteiger partial charge in [-0.25, -0.2) is 6.29 Å². The van der Waals surface area contributed by atoms with Crippen molar-refractivity contribution in [2.45, 2.75) is 13.0 Å². The monoisotopic (exact) mass is 209 g/mol. The van der Waals surface area contributed by atoms with Crippen LogP contribution in [-0.2, 0) is 33.9 Å². The average molecular weight is 210 g/mol. The molecule has 0 aliphatic rings. The van der Waals surface area contributed by atoms with Crippen LogP contribution in [0.3, 0.4) is 0 Å². The molecule has 0 aliphatic heterocycles. The number of carbonyl (C=O) groups excluding carboxylic acids is 1. The molecule has 1 unspecified atom stereocenters. The van der Waals surface area contributed by atoms with Crippen LogP contribution in [-0.4, -0.2) is 18.6 Å². The fraction of sp³-hybridized carbons (Fsp3) is 0.750. The van der Waals surface area contributed by atoms with E-state index in [-0.39, 0.29) is 22.5 Å². The maximum Gasteiger partial charge on any atom is 2.00 e. The van der Waals surface area contributed by atoms with E-state index in [0.717, 1.165) is 0 Å². The zero-order chi connectivity index (χ0) is 6.99. The summed E-state index contributed by atoms with van der Waals surface area (Å²) in [6.07, 6.45) is 3.26. The molecular weight excluding hydrogens is 201 g/mol. The van der Waals surface area contributed by atoms with Crippen molar-refractivity contribution in [2.24, 2.45) is 0 Å². The van der Waals surface area contributed by atoms with Gasteiger partial charge in [-0.05, 0) is 0 Å². The van der Waals surface area contributed by atoms with Gasteiger partial charge in [0, 0.05) is 0 Å². The number of hydrogen-bond donors (Lipinski definition) is 2. The predicted octanol–water partition coefficient (Wildman–Crippen LogP) is 0.0796. The van der Waals surface area contributed by atoms with Crippen LogP contribution in [0.2, 0.25) is 0 Å². The smallest absolute Gasteiger partial charge is 0.796 e. The van der Waals surface area contributed by atoms with Crippen LogP contribution in [0.5, 0.6) is 0 Å². The molecule has 0 aromatic carbocycles. The second-order valence-electron chi connectivity index (χ2n) is 0.969. The van der Waals surface area contributed by atoms with Gasteiger partial charge in [0.2, 0.25) is 0 Å². The van der Waals surface area contributed by atoms with Gasteiger partial charge in [-0.1, -0.05) is 13.0 Å². The van der Waals surface area contributed by atoms with Crippen LogP contribution in [0, 0.1) is 0 Å². The van der Waals surface area contributed by atoms with Crippen LogP contribution in [0.25, 0.3) is 0 Å². The first-order valence-electron chi connectivity index (χ1n) is 1.99. The van der Waals surface area contributed by atoms with Crippen molar-refractivity contribution in [3.63, 3.8) is 0 Å². The first-order valence-corrected chi connectivity index (χ1v) is 3.25. The van der Waals surface area contributed by atoms with Crippen LogP contribution in [0.15, 0.2) is 0 Å². The molecule has 0 rings (SSSR count). The van der Waals surface area contributed by atoms with E-state index < -0.39 is 0 Å². The first kappa shape index (κ1) is 16.4. The van der Waals surface area contributed by atoms with Gasteiger partial charge in [0.15, 0.2) is 0 Å². The standard InChI is InChI=1S/C3H6NOS.CH4S.Ni/c1-3(2-5)4-6;1-2;/h3-4,6H,1H3;2H,1H3;/q-1;;+2/p-1. The first-order chi connectivity index (χ1) is 3.81. The minimum atomic E-state index is -0.256. The van der Waals surface area contributed by atoms with Gasteiger partial charge in [-0.2, -0.15) is 6.26 Å². The molecule has 0 aliphatic carbocycles. The summed E-state index contributed by atoms with van der Waals surface area (Å²) in [4.78, 5) is 9.50. The Morgan fingerprint density at radius 1 is 1.67 bits per heavy atom. The summed E-state index contributed by atoms with van der Waals surface area (Å²) in [5.74, 6) is 0. The Morgan fingerprint density at radius 3 is 2.00 bits per heavy atom. The molecule has 9 heavy (non-hydrogen) atoms. The van der Waals surface area contributed by atoms with Crippen molar-refractivity contribution in [3.05, 3.63) is 0 Å². The number of thiol groups is 1. The molecule has 0 radical (unpaired) electrons. The van der Waals surface area contributed by atoms with E-state index in [1.165, 1.54) is 0 Å². The minimum Gasteiger partial charge on any atom is -0.796 e. The molecule has 0 amide bonds. The van der Waals surface area contributed by atoms with E-state index in [2.05, 4.69) is 30.2 Å². The third-order valence-electron chi connectivity index (χ3n) is 0.370. The summed E-state index contributed by atoms with van der Waals surface area (Å²) in [5, 5.41) is 0. The van der Waals surface area contributed by atoms with Crippen molar-refractivity contribution in [3.8, 4) is 0 Å². The van der Waals surface area contributed by atoms with Crippen molar-refractivity contribution in [1.29, 1.82) is 0 Å². The number of nitrogens with one attached hydrogen (secondary N) is 1. The maximum absolute atomic E-state index is 9.50. The summed E-state index contributed by atoms with van der Waals surface area (Å²) >= 11 is 7.67. The van der Waals surface area contributed by atoms with E-state index in [0.29, 0.717) is 0 Å². The van der Waals surface area contributed by atoms with Gasteiger partial charge in [0.05, 0.1) is 0 Å². The predicted molar refractivity (Wildman–Crippen MR) is 40.6 cm³/mol. The number of rotatable bonds is 2. The second-order valence-corrected chi connectivity index (χ2v) is 1.23. The molecule has 1 atom stereocenters. The molecule has 0 saturated carbocycles. The van der Waals surface area contributed by atoms with Gasteiger partial charge in [-0.3, -0.25) is 4.72 Å². The van der Waals surface area contributed by atoms with E-state index in [1.54, 1.807) is 19.5 Å². The molecule has 0 spiro atoms. The molecular formula is C4H9NNiOS2. The Balaban J connectivity index is -0.000000109. The largest absolute Gasteiger partial charge is 2.00 e. The van der Waals surface area contributed by atoms with Crippen LogP contribution >= 0.6 is 12.8 Å². The summed E-state index contributed by atoms with van der Waals surface area (Å²) < 4.78 is 2.39. The second kappa shape index (κ2) is 15.9. The van der Waals surface area contributed by atoms with Gasteiger partial charge in [0.25, 0.3) is 0 Å². The average Bonchev–Trinajstić information content (AvgIpc) is 1.91. The summed E-state index contributed by atoms with van der Waals surface area (Å²) in [6.45, 7) is 1.67. The fourth-order valence-corrected chi connectivity index (χ4v) is 0.0791. The molecule has 0 bridgehead atoms. The molecule has 1 N–H and O–H groups in total. The maximum atomic E-state index is 9.50. The SMILES string of the molecule is CC([C-]=O)NS.C[S-].[Ni+2]. The summed E-state index contributed by atoms with van der Waals surface area (Å²) in [5.41, 5.74) is 0. The third-order valence-corrected chi connectivity index (χ3v) is 0.758. The molecule has 0 fully saturated rings. The van der Waals surface area contributed by atoms with Gasteiger partial charge in [-0.15, -0.1) is 12.8 Å². The van der Waals surface area contributed by atoms with Gasteiger partial charge < -0.3 is 17.4 Å². The number of hydrogen-bond acceptors (Lipinski definition) is 4. The van der Waals surface area contributed by atoms with Crippen LogP contribution in [0.4, 0.5) is 0 Å². The van der Waals surface area contributed by atoms with Crippen molar-refractivity contribution < 1.29 is 21.3 Å². The normalized spacial score (nSPS) is 9.78. The molecule has 5 heteroatoms. The van der Waals surface area contributed by atoms with E-state index in [4.69, 9.17) is 0 Å². The molecule has 2 nitrogen and oxygen atoms in total. The fourth-order valence-electron chi connectivity index (χ4n) is 0.0264. The topological polar surface area (TPSA) is 29.1 Å². The minimum absolute atomic E-state index is 0. The Morgan fingerprint density at radius 2 is 2.00 bits per heavy atom. The van der Waals surface area contributed by atoms with E-state index >= 15 is 0 Å². The summed E-state index contributed by atoms with van der Waals surface area (Å²) in [7, 11) is 0. The van der Waals surface area contributed by atoms with Gasteiger partial charge >= 0.3 is 16.5 Å². The summed E-state index contributed by atoms with van der Waals surface area (Å²) in [6, 6.07) is -0.256. The van der Waals surface area contributed by atoms with Crippen molar-refractivity contribution >= 4 is 31.7 Å².